The van der Waals surface area contributed by atoms with E-state index in [1.807, 2.05) is 0 Å². The first-order chi connectivity index (χ1) is 19.9. The zero-order valence-corrected chi connectivity index (χ0v) is 21.8. The van der Waals surface area contributed by atoms with E-state index in [2.05, 4.69) is 0 Å². The third kappa shape index (κ3) is 4.67. The highest BCUT2D eigenvalue weighted by molar-refractivity contribution is 6.27. The van der Waals surface area contributed by atoms with E-state index in [9.17, 15) is 60.7 Å². The number of aliphatic hydroxyl groups is 9. The molecular weight excluding hydrogens is 564 g/mol. The van der Waals surface area contributed by atoms with Crippen LogP contribution in [0.2, 0.25) is 0 Å². The number of carbonyl (C=O) groups is 2. The van der Waals surface area contributed by atoms with Crippen molar-refractivity contribution >= 4 is 17.6 Å². The van der Waals surface area contributed by atoms with Gasteiger partial charge in [0.1, 0.15) is 59.8 Å². The van der Waals surface area contributed by atoms with E-state index in [1.54, 1.807) is 0 Å². The highest BCUT2D eigenvalue weighted by Crippen LogP contribution is 2.50. The van der Waals surface area contributed by atoms with E-state index in [-0.39, 0.29) is 5.75 Å². The zero-order chi connectivity index (χ0) is 30.7. The number of hydrogen-bond donors (Lipinski definition) is 10. The molecule has 1 saturated carbocycles. The smallest absolute Gasteiger partial charge is 0.207 e. The second-order valence-corrected chi connectivity index (χ2v) is 10.8. The maximum atomic E-state index is 14.0. The summed E-state index contributed by atoms with van der Waals surface area (Å²) in [5.41, 5.74) is -3.64. The first kappa shape index (κ1) is 30.7. The molecule has 5 unspecified atom stereocenters. The van der Waals surface area contributed by atoms with Gasteiger partial charge in [-0.3, -0.25) is 9.59 Å². The number of phenols is 1. The van der Waals surface area contributed by atoms with Gasteiger partial charge >= 0.3 is 0 Å². The highest BCUT2D eigenvalue weighted by atomic mass is 16.6. The van der Waals surface area contributed by atoms with Gasteiger partial charge in [0.15, 0.2) is 17.7 Å². The molecule has 15 heteroatoms. The Bertz CT molecular complexity index is 1260. The fourth-order valence-corrected chi connectivity index (χ4v) is 6.17. The Hall–Kier alpha value is -2.80. The molecule has 230 valence electrons. The van der Waals surface area contributed by atoms with Crippen LogP contribution in [0.25, 0.3) is 6.08 Å². The van der Waals surface area contributed by atoms with E-state index in [0.717, 1.165) is 6.08 Å². The van der Waals surface area contributed by atoms with Crippen LogP contribution in [-0.2, 0) is 23.8 Å². The summed E-state index contributed by atoms with van der Waals surface area (Å²) in [4.78, 5) is 27.8. The number of hydrogen-bond acceptors (Lipinski definition) is 15. The number of rotatable bonds is 5. The fraction of sp³-hybridized carbons (Fsp3) is 0.556. The summed E-state index contributed by atoms with van der Waals surface area (Å²) in [5, 5.41) is 105. The molecule has 42 heavy (non-hydrogen) atoms. The highest BCUT2D eigenvalue weighted by Gasteiger charge is 2.72. The maximum Gasteiger partial charge on any atom is 0.207 e. The Labute approximate surface area is 237 Å². The number of ketones is 2. The zero-order valence-electron chi connectivity index (χ0n) is 21.8. The quantitative estimate of drug-likeness (QED) is 0.0882. The molecule has 4 fully saturated rings. The second kappa shape index (κ2) is 11.4. The minimum Gasteiger partial charge on any atom is -0.508 e. The number of phenolic OH excluding ortho intramolecular Hbond substituents is 1. The number of aliphatic hydroxyl groups excluding tert-OH is 8. The molecule has 3 heterocycles. The van der Waals surface area contributed by atoms with Gasteiger partial charge in [0.2, 0.25) is 5.78 Å². The van der Waals surface area contributed by atoms with Crippen molar-refractivity contribution in [2.75, 3.05) is 13.2 Å². The number of ether oxygens (including phenoxy) is 3. The lowest BCUT2D eigenvalue weighted by atomic mass is 9.64. The summed E-state index contributed by atoms with van der Waals surface area (Å²) in [7, 11) is 0. The third-order valence-electron chi connectivity index (χ3n) is 8.45. The average molecular weight is 597 g/mol. The molecule has 5 rings (SSSR count). The molecule has 0 radical (unpaired) electrons. The minimum atomic E-state index is -3.09. The number of carbonyl (C=O) groups excluding carboxylic acids is 2. The lowest BCUT2D eigenvalue weighted by molar-refractivity contribution is -0.313. The fourth-order valence-electron chi connectivity index (χ4n) is 6.17. The normalized spacial score (nSPS) is 45.1. The SMILES string of the molecule is O=C1/C(=C(O)\C=C\c2ccc(O)cc2)C(=O)C(O)([C@H]2O[C@H](O)[C@@H](O)[C@H](CO)[C@H]2O)C2OC3[C@@H](O)C(O)[C@@H](CO)O[C@H]3C12. The summed E-state index contributed by atoms with van der Waals surface area (Å²) in [6.07, 6.45) is -15.7. The Morgan fingerprint density at radius 1 is 0.833 bits per heavy atom. The molecule has 1 aromatic rings. The van der Waals surface area contributed by atoms with Crippen molar-refractivity contribution in [2.24, 2.45) is 11.8 Å². The molecule has 0 amide bonds. The molecule has 15 nitrogen and oxygen atoms in total. The van der Waals surface area contributed by atoms with E-state index < -0.39 is 115 Å². The number of benzene rings is 1. The van der Waals surface area contributed by atoms with Gasteiger partial charge in [0.05, 0.1) is 31.3 Å². The number of allylic oxidation sites excluding steroid dienone is 1. The van der Waals surface area contributed by atoms with Crippen molar-refractivity contribution in [2.45, 2.75) is 66.8 Å². The Kier molecular flexibility index (Phi) is 8.29. The van der Waals surface area contributed by atoms with Crippen LogP contribution in [-0.4, -0.2) is 143 Å². The largest absolute Gasteiger partial charge is 0.508 e. The van der Waals surface area contributed by atoms with Gasteiger partial charge in [-0.15, -0.1) is 0 Å². The van der Waals surface area contributed by atoms with Crippen LogP contribution in [0, 0.1) is 11.8 Å². The van der Waals surface area contributed by atoms with E-state index >= 15 is 0 Å². The van der Waals surface area contributed by atoms with Gasteiger partial charge in [0, 0.05) is 5.92 Å². The first-order valence-electron chi connectivity index (χ1n) is 13.2. The first-order valence-corrected chi connectivity index (χ1v) is 13.2. The van der Waals surface area contributed by atoms with Gasteiger partial charge in [-0.2, -0.15) is 0 Å². The van der Waals surface area contributed by atoms with Crippen LogP contribution in [0.1, 0.15) is 5.56 Å². The molecule has 3 saturated heterocycles. The van der Waals surface area contributed by atoms with Crippen LogP contribution >= 0.6 is 0 Å². The van der Waals surface area contributed by atoms with Crippen molar-refractivity contribution in [3.05, 3.63) is 47.2 Å². The van der Waals surface area contributed by atoms with Crippen LogP contribution in [0.15, 0.2) is 41.7 Å². The van der Waals surface area contributed by atoms with Gasteiger partial charge in [-0.1, -0.05) is 18.2 Å². The molecule has 3 aliphatic heterocycles. The molecule has 1 aromatic carbocycles. The molecule has 4 aliphatic rings. The molecule has 0 bridgehead atoms. The molecule has 10 N–H and O–H groups in total. The Balaban J connectivity index is 1.64. The number of Topliss-reactive ketones (excluding diaryl/α,β-unsaturated/α-hetero) is 2. The predicted octanol–water partition coefficient (Wildman–Crippen LogP) is -3.99. The summed E-state index contributed by atoms with van der Waals surface area (Å²) in [6, 6.07) is 5.61. The molecule has 13 atom stereocenters. The van der Waals surface area contributed by atoms with Crippen molar-refractivity contribution in [3.8, 4) is 5.75 Å². The van der Waals surface area contributed by atoms with E-state index in [1.165, 1.54) is 30.3 Å². The van der Waals surface area contributed by atoms with Crippen molar-refractivity contribution < 1.29 is 74.9 Å². The number of fused-ring (bicyclic) bond motifs is 3. The van der Waals surface area contributed by atoms with Crippen molar-refractivity contribution in [1.82, 2.24) is 0 Å². The van der Waals surface area contributed by atoms with Crippen LogP contribution in [0.4, 0.5) is 0 Å². The summed E-state index contributed by atoms with van der Waals surface area (Å²) >= 11 is 0. The second-order valence-electron chi connectivity index (χ2n) is 10.8. The van der Waals surface area contributed by atoms with Gasteiger partial charge in [0.25, 0.3) is 0 Å². The Morgan fingerprint density at radius 3 is 2.12 bits per heavy atom. The summed E-state index contributed by atoms with van der Waals surface area (Å²) < 4.78 is 16.7. The molecular formula is C27H32O15. The summed E-state index contributed by atoms with van der Waals surface area (Å²) in [6.45, 7) is -1.70. The lowest BCUT2D eigenvalue weighted by Crippen LogP contribution is -2.73. The predicted molar refractivity (Wildman–Crippen MR) is 135 cm³/mol. The van der Waals surface area contributed by atoms with Gasteiger partial charge < -0.3 is 65.3 Å². The standard InChI is InChI=1S/C27H32O15/c28-7-11-16(32)25(42-26(38)17(11)33)27(39)23(37)14(12(31)6-3-9-1-4-10(30)5-2-9)19(35)15-21-22(41-24(15)27)20(36)18(34)13(8-29)40-21/h1-6,11,13,15-18,20-22,24-26,28-34,36,38-39H,7-8H2/b6-3+,14-12-/t11-,13-,15?,16-,17+,18?,20+,21+,22?,24?,25+,26+,27?/m1/s1. The van der Waals surface area contributed by atoms with Gasteiger partial charge in [-0.25, -0.2) is 0 Å². The lowest BCUT2D eigenvalue weighted by Gasteiger charge is -2.50. The van der Waals surface area contributed by atoms with Crippen LogP contribution in [0.5, 0.6) is 5.75 Å². The van der Waals surface area contributed by atoms with Crippen molar-refractivity contribution in [3.63, 3.8) is 0 Å². The van der Waals surface area contributed by atoms with Gasteiger partial charge in [-0.05, 0) is 23.8 Å². The monoisotopic (exact) mass is 596 g/mol. The van der Waals surface area contributed by atoms with E-state index in [4.69, 9.17) is 14.2 Å². The van der Waals surface area contributed by atoms with E-state index in [0.29, 0.717) is 5.56 Å². The number of aromatic hydroxyl groups is 1. The third-order valence-corrected chi connectivity index (χ3v) is 8.45. The Morgan fingerprint density at radius 2 is 1.50 bits per heavy atom. The maximum absolute atomic E-state index is 14.0. The van der Waals surface area contributed by atoms with Crippen LogP contribution < -0.4 is 0 Å². The average Bonchev–Trinajstić information content (AvgIpc) is 3.36. The van der Waals surface area contributed by atoms with Crippen LogP contribution in [0.3, 0.4) is 0 Å². The van der Waals surface area contributed by atoms with Crippen molar-refractivity contribution in [1.29, 1.82) is 0 Å². The molecule has 1 aliphatic carbocycles. The summed E-state index contributed by atoms with van der Waals surface area (Å²) in [5.74, 6) is -6.79. The molecule has 0 spiro atoms. The molecule has 0 aromatic heterocycles. The minimum absolute atomic E-state index is 0.0419. The topological polar surface area (TPSA) is 264 Å².